The molecule has 1 saturated heterocycles. The monoisotopic (exact) mass is 415 g/mol. The molecule has 6 heteroatoms. The topological polar surface area (TPSA) is 52.6 Å². The SMILES string of the molecule is CC(C)c1ccc(N2CCN(CC(=O)Nc3ccc(Br)cc3)C2=O)cc1. The van der Waals surface area contributed by atoms with Gasteiger partial charge in [-0.15, -0.1) is 0 Å². The van der Waals surface area contributed by atoms with Gasteiger partial charge in [-0.25, -0.2) is 4.79 Å². The number of halogens is 1. The second-order valence-corrected chi connectivity index (χ2v) is 7.57. The van der Waals surface area contributed by atoms with Crippen LogP contribution in [0.15, 0.2) is 53.0 Å². The Balaban J connectivity index is 1.59. The van der Waals surface area contributed by atoms with E-state index in [1.165, 1.54) is 5.56 Å². The first-order valence-corrected chi connectivity index (χ1v) is 9.45. The maximum atomic E-state index is 12.6. The minimum atomic E-state index is -0.197. The molecule has 0 spiro atoms. The normalized spacial score (nSPS) is 14.2. The Kier molecular flexibility index (Phi) is 5.61. The molecule has 1 fully saturated rings. The number of anilines is 2. The maximum Gasteiger partial charge on any atom is 0.325 e. The summed E-state index contributed by atoms with van der Waals surface area (Å²) in [5, 5.41) is 2.82. The van der Waals surface area contributed by atoms with Crippen LogP contribution in [0.4, 0.5) is 16.2 Å². The molecule has 1 aliphatic rings. The molecule has 5 nitrogen and oxygen atoms in total. The fourth-order valence-electron chi connectivity index (χ4n) is 2.92. The van der Waals surface area contributed by atoms with E-state index >= 15 is 0 Å². The fraction of sp³-hybridized carbons (Fsp3) is 0.300. The average molecular weight is 416 g/mol. The van der Waals surface area contributed by atoms with Gasteiger partial charge in [0.25, 0.3) is 0 Å². The summed E-state index contributed by atoms with van der Waals surface area (Å²) in [4.78, 5) is 28.1. The molecular weight excluding hydrogens is 394 g/mol. The lowest BCUT2D eigenvalue weighted by molar-refractivity contribution is -0.116. The minimum Gasteiger partial charge on any atom is -0.325 e. The second kappa shape index (κ2) is 7.91. The Morgan fingerprint density at radius 3 is 2.35 bits per heavy atom. The molecule has 3 rings (SSSR count). The van der Waals surface area contributed by atoms with Gasteiger partial charge in [0.2, 0.25) is 5.91 Å². The van der Waals surface area contributed by atoms with Crippen molar-refractivity contribution in [3.05, 3.63) is 58.6 Å². The van der Waals surface area contributed by atoms with Gasteiger partial charge in [-0.05, 0) is 47.9 Å². The van der Waals surface area contributed by atoms with Crippen molar-refractivity contribution >= 4 is 39.2 Å². The van der Waals surface area contributed by atoms with E-state index in [4.69, 9.17) is 0 Å². The van der Waals surface area contributed by atoms with Gasteiger partial charge in [0.05, 0.1) is 0 Å². The number of hydrogen-bond donors (Lipinski definition) is 1. The van der Waals surface area contributed by atoms with Crippen LogP contribution in [-0.4, -0.2) is 36.5 Å². The van der Waals surface area contributed by atoms with Crippen molar-refractivity contribution in [2.75, 3.05) is 29.9 Å². The maximum absolute atomic E-state index is 12.6. The zero-order chi connectivity index (χ0) is 18.7. The molecule has 0 radical (unpaired) electrons. The van der Waals surface area contributed by atoms with E-state index in [-0.39, 0.29) is 18.5 Å². The summed E-state index contributed by atoms with van der Waals surface area (Å²) in [6, 6.07) is 15.3. The van der Waals surface area contributed by atoms with Crippen molar-refractivity contribution in [2.24, 2.45) is 0 Å². The zero-order valence-electron chi connectivity index (χ0n) is 14.9. The predicted molar refractivity (Wildman–Crippen MR) is 108 cm³/mol. The van der Waals surface area contributed by atoms with Crippen molar-refractivity contribution in [3.8, 4) is 0 Å². The third-order valence-corrected chi connectivity index (χ3v) is 4.96. The first kappa shape index (κ1) is 18.5. The van der Waals surface area contributed by atoms with E-state index < -0.39 is 0 Å². The summed E-state index contributed by atoms with van der Waals surface area (Å²) in [7, 11) is 0. The van der Waals surface area contributed by atoms with Crippen molar-refractivity contribution in [1.82, 2.24) is 4.90 Å². The lowest BCUT2D eigenvalue weighted by Gasteiger charge is -2.19. The number of nitrogens with one attached hydrogen (secondary N) is 1. The van der Waals surface area contributed by atoms with Crippen LogP contribution < -0.4 is 10.2 Å². The highest BCUT2D eigenvalue weighted by atomic mass is 79.9. The van der Waals surface area contributed by atoms with Gasteiger partial charge in [-0.2, -0.15) is 0 Å². The van der Waals surface area contributed by atoms with E-state index in [0.29, 0.717) is 24.7 Å². The summed E-state index contributed by atoms with van der Waals surface area (Å²) < 4.78 is 0.948. The van der Waals surface area contributed by atoms with E-state index in [9.17, 15) is 9.59 Å². The molecule has 0 bridgehead atoms. The summed E-state index contributed by atoms with van der Waals surface area (Å²) in [5.74, 6) is 0.259. The van der Waals surface area contributed by atoms with Crippen molar-refractivity contribution < 1.29 is 9.59 Å². The first-order chi connectivity index (χ1) is 12.4. The third kappa shape index (κ3) is 4.25. The average Bonchev–Trinajstić information content (AvgIpc) is 2.97. The fourth-order valence-corrected chi connectivity index (χ4v) is 3.18. The van der Waals surface area contributed by atoms with Crippen LogP contribution in [0, 0.1) is 0 Å². The lowest BCUT2D eigenvalue weighted by Crippen LogP contribution is -2.37. The number of urea groups is 1. The van der Waals surface area contributed by atoms with Gasteiger partial charge >= 0.3 is 6.03 Å². The molecule has 1 N–H and O–H groups in total. The number of amides is 3. The van der Waals surface area contributed by atoms with Crippen LogP contribution in [-0.2, 0) is 4.79 Å². The van der Waals surface area contributed by atoms with Crippen LogP contribution in [0.2, 0.25) is 0 Å². The van der Waals surface area contributed by atoms with Gasteiger partial charge in [-0.1, -0.05) is 41.9 Å². The number of carbonyl (C=O) groups is 2. The van der Waals surface area contributed by atoms with E-state index in [2.05, 4.69) is 47.2 Å². The van der Waals surface area contributed by atoms with Crippen molar-refractivity contribution in [3.63, 3.8) is 0 Å². The van der Waals surface area contributed by atoms with Crippen LogP contribution in [0.3, 0.4) is 0 Å². The molecule has 0 unspecified atom stereocenters. The Morgan fingerprint density at radius 1 is 1.08 bits per heavy atom. The van der Waals surface area contributed by atoms with Gasteiger partial charge in [-0.3, -0.25) is 9.69 Å². The van der Waals surface area contributed by atoms with Gasteiger partial charge in [0.15, 0.2) is 0 Å². The molecule has 2 aromatic rings. The van der Waals surface area contributed by atoms with Gasteiger partial charge in [0, 0.05) is 28.9 Å². The smallest absolute Gasteiger partial charge is 0.325 e. The molecule has 0 aliphatic carbocycles. The van der Waals surface area contributed by atoms with Crippen LogP contribution in [0.1, 0.15) is 25.3 Å². The highest BCUT2D eigenvalue weighted by molar-refractivity contribution is 9.10. The van der Waals surface area contributed by atoms with Gasteiger partial charge < -0.3 is 10.2 Å². The molecule has 136 valence electrons. The van der Waals surface area contributed by atoms with Crippen LogP contribution in [0.5, 0.6) is 0 Å². The lowest BCUT2D eigenvalue weighted by atomic mass is 10.0. The summed E-state index contributed by atoms with van der Waals surface area (Å²) in [6.07, 6.45) is 0. The molecule has 3 amide bonds. The molecule has 0 saturated carbocycles. The molecule has 1 aliphatic heterocycles. The number of carbonyl (C=O) groups excluding carboxylic acids is 2. The third-order valence-electron chi connectivity index (χ3n) is 4.43. The Labute approximate surface area is 162 Å². The number of rotatable bonds is 5. The zero-order valence-corrected chi connectivity index (χ0v) is 16.5. The highest BCUT2D eigenvalue weighted by Gasteiger charge is 2.30. The number of hydrogen-bond acceptors (Lipinski definition) is 2. The molecule has 2 aromatic carbocycles. The molecule has 0 atom stereocenters. The minimum absolute atomic E-state index is 0.0511. The largest absolute Gasteiger partial charge is 0.325 e. The van der Waals surface area contributed by atoms with E-state index in [1.54, 1.807) is 9.80 Å². The summed E-state index contributed by atoms with van der Waals surface area (Å²) in [6.45, 7) is 5.46. The predicted octanol–water partition coefficient (Wildman–Crippen LogP) is 4.45. The number of benzene rings is 2. The Bertz CT molecular complexity index is 788. The summed E-state index contributed by atoms with van der Waals surface area (Å²) >= 11 is 3.36. The van der Waals surface area contributed by atoms with Crippen molar-refractivity contribution in [1.29, 1.82) is 0 Å². The van der Waals surface area contributed by atoms with E-state index in [1.807, 2.05) is 36.4 Å². The molecule has 26 heavy (non-hydrogen) atoms. The number of nitrogens with zero attached hydrogens (tertiary/aromatic N) is 2. The van der Waals surface area contributed by atoms with E-state index in [0.717, 1.165) is 10.2 Å². The Hall–Kier alpha value is -2.34. The molecule has 1 heterocycles. The summed E-state index contributed by atoms with van der Waals surface area (Å²) in [5.41, 5.74) is 2.83. The first-order valence-electron chi connectivity index (χ1n) is 8.66. The highest BCUT2D eigenvalue weighted by Crippen LogP contribution is 2.23. The standard InChI is InChI=1S/C20H22BrN3O2/c1-14(2)15-3-9-18(10-4-15)24-12-11-23(20(24)26)13-19(25)22-17-7-5-16(21)6-8-17/h3-10,14H,11-13H2,1-2H3,(H,22,25). The quantitative estimate of drug-likeness (QED) is 0.783. The van der Waals surface area contributed by atoms with Crippen LogP contribution in [0.25, 0.3) is 0 Å². The molecular formula is C20H22BrN3O2. The second-order valence-electron chi connectivity index (χ2n) is 6.66. The van der Waals surface area contributed by atoms with Crippen molar-refractivity contribution in [2.45, 2.75) is 19.8 Å². The Morgan fingerprint density at radius 2 is 1.73 bits per heavy atom. The van der Waals surface area contributed by atoms with Gasteiger partial charge in [0.1, 0.15) is 6.54 Å². The van der Waals surface area contributed by atoms with Crippen LogP contribution >= 0.6 is 15.9 Å². The molecule has 0 aromatic heterocycles.